The first-order chi connectivity index (χ1) is 8.08. The van der Waals surface area contributed by atoms with Crippen LogP contribution in [0.15, 0.2) is 12.1 Å². The molecule has 0 unspecified atom stereocenters. The van der Waals surface area contributed by atoms with Gasteiger partial charge in [-0.25, -0.2) is 0 Å². The average molecular weight is 257 g/mol. The maximum atomic E-state index is 10.5. The van der Waals surface area contributed by atoms with Crippen molar-refractivity contribution >= 4 is 17.6 Å². The van der Waals surface area contributed by atoms with Crippen LogP contribution >= 0.6 is 11.6 Å². The van der Waals surface area contributed by atoms with Gasteiger partial charge in [0.25, 0.3) is 0 Å². The third kappa shape index (κ3) is 3.93. The quantitative estimate of drug-likeness (QED) is 0.849. The van der Waals surface area contributed by atoms with Crippen LogP contribution in [0.1, 0.15) is 30.9 Å². The van der Waals surface area contributed by atoms with Crippen LogP contribution in [-0.4, -0.2) is 18.2 Å². The van der Waals surface area contributed by atoms with Crippen molar-refractivity contribution in [3.63, 3.8) is 0 Å². The van der Waals surface area contributed by atoms with Crippen molar-refractivity contribution in [2.45, 2.75) is 32.6 Å². The summed E-state index contributed by atoms with van der Waals surface area (Å²) in [6, 6.07) is 3.92. The van der Waals surface area contributed by atoms with Gasteiger partial charge >= 0.3 is 5.97 Å². The fourth-order valence-electron chi connectivity index (χ4n) is 1.76. The van der Waals surface area contributed by atoms with Gasteiger partial charge in [0, 0.05) is 6.42 Å². The second kappa shape index (κ2) is 6.50. The summed E-state index contributed by atoms with van der Waals surface area (Å²) in [6.45, 7) is 2.05. The number of hydrogen-bond acceptors (Lipinski definition) is 2. The van der Waals surface area contributed by atoms with Crippen LogP contribution in [0.25, 0.3) is 0 Å². The van der Waals surface area contributed by atoms with Crippen molar-refractivity contribution in [1.82, 2.24) is 0 Å². The first-order valence-corrected chi connectivity index (χ1v) is 6.03. The lowest BCUT2D eigenvalue weighted by Crippen LogP contribution is -1.99. The van der Waals surface area contributed by atoms with Gasteiger partial charge in [0.15, 0.2) is 0 Å². The summed E-state index contributed by atoms with van der Waals surface area (Å²) < 4.78 is 5.25. The van der Waals surface area contributed by atoms with Crippen LogP contribution in [0.4, 0.5) is 0 Å². The van der Waals surface area contributed by atoms with Gasteiger partial charge in [-0.05, 0) is 36.5 Å². The van der Waals surface area contributed by atoms with E-state index in [1.54, 1.807) is 7.11 Å². The lowest BCUT2D eigenvalue weighted by molar-refractivity contribution is -0.137. The lowest BCUT2D eigenvalue weighted by atomic mass is 10.0. The van der Waals surface area contributed by atoms with Crippen molar-refractivity contribution in [1.29, 1.82) is 0 Å². The molecule has 1 N–H and O–H groups in total. The summed E-state index contributed by atoms with van der Waals surface area (Å²) in [5.41, 5.74) is 2.12. The van der Waals surface area contributed by atoms with Gasteiger partial charge in [0.2, 0.25) is 0 Å². The number of carboxylic acids is 1. The molecule has 0 radical (unpaired) electrons. The molecule has 17 heavy (non-hydrogen) atoms. The number of carboxylic acid groups (broad SMARTS) is 1. The Morgan fingerprint density at radius 3 is 2.71 bits per heavy atom. The molecule has 4 heteroatoms. The fourth-order valence-corrected chi connectivity index (χ4v) is 2.10. The van der Waals surface area contributed by atoms with Crippen LogP contribution in [0.2, 0.25) is 5.02 Å². The minimum atomic E-state index is -0.776. The van der Waals surface area contributed by atoms with E-state index >= 15 is 0 Å². The summed E-state index contributed by atoms with van der Waals surface area (Å²) in [4.78, 5) is 10.5. The number of benzene rings is 1. The maximum Gasteiger partial charge on any atom is 0.303 e. The number of hydrogen-bond donors (Lipinski definition) is 1. The summed E-state index contributed by atoms with van der Waals surface area (Å²) in [6.07, 6.45) is 2.32. The zero-order valence-corrected chi connectivity index (χ0v) is 10.9. The highest BCUT2D eigenvalue weighted by Gasteiger charge is 2.10. The Balaban J connectivity index is 2.87. The standard InChI is InChI=1S/C13H17ClO3/c1-3-9-7-10(5-4-6-12(15)16)13(17-2)11(14)8-9/h7-8H,3-6H2,1-2H3,(H,15,16). The number of methoxy groups -OCH3 is 1. The van der Waals surface area contributed by atoms with Gasteiger partial charge in [0.1, 0.15) is 5.75 Å². The van der Waals surface area contributed by atoms with E-state index < -0.39 is 5.97 Å². The topological polar surface area (TPSA) is 46.5 Å². The molecule has 0 atom stereocenters. The SMILES string of the molecule is CCc1cc(Cl)c(OC)c(CCCC(=O)O)c1. The molecule has 0 saturated carbocycles. The molecule has 0 spiro atoms. The van der Waals surface area contributed by atoms with Crippen LogP contribution in [0.5, 0.6) is 5.75 Å². The van der Waals surface area contributed by atoms with Gasteiger partial charge in [-0.15, -0.1) is 0 Å². The van der Waals surface area contributed by atoms with E-state index in [9.17, 15) is 4.79 Å². The van der Waals surface area contributed by atoms with Gasteiger partial charge < -0.3 is 9.84 Å². The zero-order chi connectivity index (χ0) is 12.8. The smallest absolute Gasteiger partial charge is 0.303 e. The van der Waals surface area contributed by atoms with E-state index in [1.165, 1.54) is 0 Å². The first-order valence-electron chi connectivity index (χ1n) is 5.65. The van der Waals surface area contributed by atoms with E-state index in [-0.39, 0.29) is 6.42 Å². The summed E-state index contributed by atoms with van der Waals surface area (Å²) in [7, 11) is 1.58. The normalized spacial score (nSPS) is 10.3. The highest BCUT2D eigenvalue weighted by molar-refractivity contribution is 6.32. The Bertz CT molecular complexity index is 402. The summed E-state index contributed by atoms with van der Waals surface area (Å²) >= 11 is 6.11. The number of carbonyl (C=O) groups is 1. The number of ether oxygens (including phenoxy) is 1. The Morgan fingerprint density at radius 1 is 1.47 bits per heavy atom. The molecule has 3 nitrogen and oxygen atoms in total. The predicted molar refractivity (Wildman–Crippen MR) is 68.0 cm³/mol. The molecular weight excluding hydrogens is 240 g/mol. The third-order valence-corrected chi connectivity index (χ3v) is 2.91. The molecule has 1 rings (SSSR count). The largest absolute Gasteiger partial charge is 0.495 e. The number of halogens is 1. The van der Waals surface area contributed by atoms with E-state index in [1.807, 2.05) is 12.1 Å². The molecule has 0 aliphatic heterocycles. The molecule has 0 aromatic heterocycles. The molecule has 0 bridgehead atoms. The van der Waals surface area contributed by atoms with Gasteiger partial charge in [0.05, 0.1) is 12.1 Å². The second-order valence-corrected chi connectivity index (χ2v) is 4.28. The highest BCUT2D eigenvalue weighted by atomic mass is 35.5. The van der Waals surface area contributed by atoms with Crippen molar-refractivity contribution < 1.29 is 14.6 Å². The monoisotopic (exact) mass is 256 g/mol. The molecule has 0 heterocycles. The van der Waals surface area contributed by atoms with Crippen molar-refractivity contribution in [3.05, 3.63) is 28.3 Å². The van der Waals surface area contributed by atoms with E-state index in [0.717, 1.165) is 17.5 Å². The molecule has 0 aliphatic carbocycles. The van der Waals surface area contributed by atoms with Crippen LogP contribution < -0.4 is 4.74 Å². The molecule has 1 aromatic rings. The third-order valence-electron chi connectivity index (χ3n) is 2.63. The minimum absolute atomic E-state index is 0.164. The van der Waals surface area contributed by atoms with Gasteiger partial charge in [-0.3, -0.25) is 4.79 Å². The number of aryl methyl sites for hydroxylation is 2. The zero-order valence-electron chi connectivity index (χ0n) is 10.1. The van der Waals surface area contributed by atoms with Crippen molar-refractivity contribution in [3.8, 4) is 5.75 Å². The van der Waals surface area contributed by atoms with Crippen LogP contribution in [0, 0.1) is 0 Å². The molecule has 0 aliphatic rings. The average Bonchev–Trinajstić information content (AvgIpc) is 2.28. The summed E-state index contributed by atoms with van der Waals surface area (Å²) in [5, 5.41) is 9.21. The number of aliphatic carboxylic acids is 1. The Hall–Kier alpha value is -1.22. The predicted octanol–water partition coefficient (Wildman–Crippen LogP) is 3.32. The molecule has 0 saturated heterocycles. The van der Waals surface area contributed by atoms with Gasteiger partial charge in [-0.1, -0.05) is 24.6 Å². The van der Waals surface area contributed by atoms with Crippen LogP contribution in [-0.2, 0) is 17.6 Å². The second-order valence-electron chi connectivity index (χ2n) is 3.87. The fraction of sp³-hybridized carbons (Fsp3) is 0.462. The molecule has 0 fully saturated rings. The Morgan fingerprint density at radius 2 is 2.18 bits per heavy atom. The summed E-state index contributed by atoms with van der Waals surface area (Å²) in [5.74, 6) is -0.115. The molecule has 94 valence electrons. The van der Waals surface area contributed by atoms with Crippen LogP contribution in [0.3, 0.4) is 0 Å². The highest BCUT2D eigenvalue weighted by Crippen LogP contribution is 2.31. The molecular formula is C13H17ClO3. The molecule has 1 aromatic carbocycles. The Labute approximate surface area is 106 Å². The minimum Gasteiger partial charge on any atom is -0.495 e. The van der Waals surface area contributed by atoms with E-state index in [2.05, 4.69) is 6.92 Å². The molecule has 0 amide bonds. The lowest BCUT2D eigenvalue weighted by Gasteiger charge is -2.12. The van der Waals surface area contributed by atoms with E-state index in [0.29, 0.717) is 23.6 Å². The maximum absolute atomic E-state index is 10.5. The van der Waals surface area contributed by atoms with Gasteiger partial charge in [-0.2, -0.15) is 0 Å². The Kier molecular flexibility index (Phi) is 5.29. The van der Waals surface area contributed by atoms with E-state index in [4.69, 9.17) is 21.4 Å². The van der Waals surface area contributed by atoms with Crippen molar-refractivity contribution in [2.75, 3.05) is 7.11 Å². The number of rotatable bonds is 6. The van der Waals surface area contributed by atoms with Crippen molar-refractivity contribution in [2.24, 2.45) is 0 Å². The first kappa shape index (κ1) is 13.8.